The van der Waals surface area contributed by atoms with Gasteiger partial charge in [0, 0.05) is 24.9 Å². The molecular formula is C18H23N3O5S. The van der Waals surface area contributed by atoms with Gasteiger partial charge in [-0.3, -0.25) is 10.1 Å². The average Bonchev–Trinajstić information content (AvgIpc) is 2.61. The maximum atomic E-state index is 12.7. The summed E-state index contributed by atoms with van der Waals surface area (Å²) in [4.78, 5) is 25.1. The van der Waals surface area contributed by atoms with Crippen molar-refractivity contribution in [3.63, 3.8) is 0 Å². The number of rotatable bonds is 7. The molecule has 0 bridgehead atoms. The number of carbonyl (C=O) groups is 1. The Hall–Kier alpha value is -2.52. The Morgan fingerprint density at radius 1 is 1.48 bits per heavy atom. The SMILES string of the molecule is CCOC(=O)C1=C(C)N([C@H](C)COC)C(=S)N[C@H]1c1cccc([N+](=O)[O-])c1. The molecule has 0 fully saturated rings. The molecule has 146 valence electrons. The minimum atomic E-state index is -0.637. The van der Waals surface area contributed by atoms with Crippen LogP contribution in [0.5, 0.6) is 0 Å². The van der Waals surface area contributed by atoms with Crippen molar-refractivity contribution >= 4 is 29.0 Å². The molecule has 0 aliphatic carbocycles. The van der Waals surface area contributed by atoms with E-state index in [-0.39, 0.29) is 18.3 Å². The van der Waals surface area contributed by atoms with Gasteiger partial charge in [-0.05, 0) is 38.6 Å². The Labute approximate surface area is 163 Å². The fourth-order valence-corrected chi connectivity index (χ4v) is 3.58. The molecule has 0 amide bonds. The molecule has 0 unspecified atom stereocenters. The van der Waals surface area contributed by atoms with Gasteiger partial charge < -0.3 is 19.7 Å². The van der Waals surface area contributed by atoms with Crippen molar-refractivity contribution in [1.29, 1.82) is 0 Å². The van der Waals surface area contributed by atoms with Crippen molar-refractivity contribution in [3.8, 4) is 0 Å². The van der Waals surface area contributed by atoms with Gasteiger partial charge >= 0.3 is 5.97 Å². The maximum absolute atomic E-state index is 12.7. The first-order valence-electron chi connectivity index (χ1n) is 8.52. The summed E-state index contributed by atoms with van der Waals surface area (Å²) in [6.07, 6.45) is 0. The molecule has 0 aromatic heterocycles. The Morgan fingerprint density at radius 2 is 2.19 bits per heavy atom. The zero-order chi connectivity index (χ0) is 20.1. The molecule has 1 aromatic carbocycles. The van der Waals surface area contributed by atoms with E-state index in [1.165, 1.54) is 12.1 Å². The molecule has 1 aromatic rings. The number of nitrogens with zero attached hydrogens (tertiary/aromatic N) is 2. The minimum absolute atomic E-state index is 0.0590. The molecule has 1 aliphatic heterocycles. The van der Waals surface area contributed by atoms with E-state index < -0.39 is 16.9 Å². The number of benzene rings is 1. The molecule has 2 rings (SSSR count). The molecule has 1 heterocycles. The monoisotopic (exact) mass is 393 g/mol. The Bertz CT molecular complexity index is 780. The normalized spacial score (nSPS) is 18.1. The lowest BCUT2D eigenvalue weighted by Crippen LogP contribution is -2.52. The second-order valence-electron chi connectivity index (χ2n) is 6.13. The first-order valence-corrected chi connectivity index (χ1v) is 8.93. The van der Waals surface area contributed by atoms with Gasteiger partial charge in [0.1, 0.15) is 0 Å². The predicted octanol–water partition coefficient (Wildman–Crippen LogP) is 2.70. The van der Waals surface area contributed by atoms with Crippen LogP contribution >= 0.6 is 12.2 Å². The van der Waals surface area contributed by atoms with Crippen LogP contribution in [0.1, 0.15) is 32.4 Å². The summed E-state index contributed by atoms with van der Waals surface area (Å²) in [5.41, 5.74) is 1.51. The van der Waals surface area contributed by atoms with Gasteiger partial charge in [0.25, 0.3) is 5.69 Å². The van der Waals surface area contributed by atoms with Gasteiger partial charge in [-0.1, -0.05) is 12.1 Å². The molecule has 9 heteroatoms. The van der Waals surface area contributed by atoms with Crippen molar-refractivity contribution in [2.24, 2.45) is 0 Å². The smallest absolute Gasteiger partial charge is 0.338 e. The molecule has 8 nitrogen and oxygen atoms in total. The van der Waals surface area contributed by atoms with Gasteiger partial charge in [0.15, 0.2) is 5.11 Å². The van der Waals surface area contributed by atoms with E-state index in [1.807, 2.05) is 6.92 Å². The van der Waals surface area contributed by atoms with Crippen LogP contribution in [0.3, 0.4) is 0 Å². The highest BCUT2D eigenvalue weighted by Gasteiger charge is 2.36. The van der Waals surface area contributed by atoms with Gasteiger partial charge in [0.05, 0.1) is 35.8 Å². The average molecular weight is 393 g/mol. The third kappa shape index (κ3) is 4.42. The van der Waals surface area contributed by atoms with Crippen LogP contribution < -0.4 is 5.32 Å². The highest BCUT2D eigenvalue weighted by Crippen LogP contribution is 2.33. The van der Waals surface area contributed by atoms with Crippen molar-refractivity contribution in [2.45, 2.75) is 32.9 Å². The quantitative estimate of drug-likeness (QED) is 0.327. The van der Waals surface area contributed by atoms with E-state index in [0.717, 1.165) is 0 Å². The lowest BCUT2D eigenvalue weighted by molar-refractivity contribution is -0.384. The number of nitrogens with one attached hydrogen (secondary N) is 1. The summed E-state index contributed by atoms with van der Waals surface area (Å²) >= 11 is 5.50. The summed E-state index contributed by atoms with van der Waals surface area (Å²) in [5.74, 6) is -0.490. The molecule has 0 spiro atoms. The van der Waals surface area contributed by atoms with Gasteiger partial charge in [-0.25, -0.2) is 4.79 Å². The van der Waals surface area contributed by atoms with Crippen LogP contribution in [-0.4, -0.2) is 47.3 Å². The van der Waals surface area contributed by atoms with E-state index in [1.54, 1.807) is 38.0 Å². The largest absolute Gasteiger partial charge is 0.463 e. The van der Waals surface area contributed by atoms with Crippen LogP contribution in [0.15, 0.2) is 35.5 Å². The zero-order valence-corrected chi connectivity index (χ0v) is 16.5. The van der Waals surface area contributed by atoms with Crippen molar-refractivity contribution in [1.82, 2.24) is 10.2 Å². The third-order valence-electron chi connectivity index (χ3n) is 4.28. The number of hydrogen-bond donors (Lipinski definition) is 1. The number of ether oxygens (including phenoxy) is 2. The summed E-state index contributed by atoms with van der Waals surface area (Å²) in [6.45, 7) is 6.07. The molecule has 0 saturated heterocycles. The van der Waals surface area contributed by atoms with Gasteiger partial charge in [-0.15, -0.1) is 0 Å². The number of thiocarbonyl (C=S) groups is 1. The molecule has 1 N–H and O–H groups in total. The standard InChI is InChI=1S/C18H23N3O5S/c1-5-26-17(22)15-12(3)20(11(2)10-25-4)18(27)19-16(15)13-7-6-8-14(9-13)21(23)24/h6-9,11,16H,5,10H2,1-4H3,(H,19,27)/t11-,16+/m1/s1. The first-order chi connectivity index (χ1) is 12.8. The number of hydrogen-bond acceptors (Lipinski definition) is 6. The number of non-ortho nitro benzene ring substituents is 1. The molecule has 0 saturated carbocycles. The van der Waals surface area contributed by atoms with E-state index in [0.29, 0.717) is 28.6 Å². The third-order valence-corrected chi connectivity index (χ3v) is 4.60. The Morgan fingerprint density at radius 3 is 2.78 bits per heavy atom. The second kappa shape index (κ2) is 8.92. The fourth-order valence-electron chi connectivity index (χ4n) is 3.14. The fraction of sp³-hybridized carbons (Fsp3) is 0.444. The van der Waals surface area contributed by atoms with Crippen molar-refractivity contribution in [3.05, 3.63) is 51.2 Å². The Balaban J connectivity index is 2.56. The van der Waals surface area contributed by atoms with Gasteiger partial charge in [0.2, 0.25) is 0 Å². The number of esters is 1. The molecule has 1 aliphatic rings. The van der Waals surface area contributed by atoms with E-state index in [2.05, 4.69) is 5.32 Å². The topological polar surface area (TPSA) is 93.9 Å². The van der Waals surface area contributed by atoms with E-state index >= 15 is 0 Å². The van der Waals surface area contributed by atoms with E-state index in [4.69, 9.17) is 21.7 Å². The summed E-state index contributed by atoms with van der Waals surface area (Å²) < 4.78 is 10.4. The highest BCUT2D eigenvalue weighted by atomic mass is 32.1. The van der Waals surface area contributed by atoms with Crippen LogP contribution in [0.2, 0.25) is 0 Å². The van der Waals surface area contributed by atoms with E-state index in [9.17, 15) is 14.9 Å². The van der Waals surface area contributed by atoms with Crippen molar-refractivity contribution < 1.29 is 19.2 Å². The van der Waals surface area contributed by atoms with Gasteiger partial charge in [-0.2, -0.15) is 0 Å². The predicted molar refractivity (Wildman–Crippen MR) is 104 cm³/mol. The lowest BCUT2D eigenvalue weighted by Gasteiger charge is -2.40. The number of carbonyl (C=O) groups excluding carboxylic acids is 1. The van der Waals surface area contributed by atoms with Crippen LogP contribution in [0.25, 0.3) is 0 Å². The second-order valence-corrected chi connectivity index (χ2v) is 6.52. The van der Waals surface area contributed by atoms with Crippen LogP contribution in [0.4, 0.5) is 5.69 Å². The molecule has 0 radical (unpaired) electrons. The number of allylic oxidation sites excluding steroid dienone is 1. The molecule has 27 heavy (non-hydrogen) atoms. The zero-order valence-electron chi connectivity index (χ0n) is 15.7. The molecular weight excluding hydrogens is 370 g/mol. The lowest BCUT2D eigenvalue weighted by atomic mass is 9.94. The molecule has 2 atom stereocenters. The van der Waals surface area contributed by atoms with Crippen LogP contribution in [0, 0.1) is 10.1 Å². The maximum Gasteiger partial charge on any atom is 0.338 e. The summed E-state index contributed by atoms with van der Waals surface area (Å²) in [7, 11) is 1.59. The number of methoxy groups -OCH3 is 1. The minimum Gasteiger partial charge on any atom is -0.463 e. The van der Waals surface area contributed by atoms with Crippen molar-refractivity contribution in [2.75, 3.05) is 20.3 Å². The number of nitro groups is 1. The number of nitro benzene ring substituents is 1. The van der Waals surface area contributed by atoms with Crippen LogP contribution in [-0.2, 0) is 14.3 Å². The summed E-state index contributed by atoms with van der Waals surface area (Å²) in [6, 6.07) is 5.39. The first kappa shape index (κ1) is 20.8. The highest BCUT2D eigenvalue weighted by molar-refractivity contribution is 7.80. The Kier molecular flexibility index (Phi) is 6.86. The summed E-state index contributed by atoms with van der Waals surface area (Å²) in [5, 5.41) is 14.7.